The minimum atomic E-state index is -0.557. The van der Waals surface area contributed by atoms with Gasteiger partial charge in [0.2, 0.25) is 0 Å². The van der Waals surface area contributed by atoms with Gasteiger partial charge < -0.3 is 0 Å². The van der Waals surface area contributed by atoms with Crippen LogP contribution in [-0.2, 0) is 9.88 Å². The summed E-state index contributed by atoms with van der Waals surface area (Å²) in [5.41, 5.74) is 2.48. The summed E-state index contributed by atoms with van der Waals surface area (Å²) in [4.78, 5) is 9.15. The molecular formula is C4H8N2O2Sn. The molecule has 0 spiro atoms. The van der Waals surface area contributed by atoms with Crippen molar-refractivity contribution in [3.8, 4) is 0 Å². The molecule has 0 saturated carbocycles. The summed E-state index contributed by atoms with van der Waals surface area (Å²) in [6, 6.07) is 0. The Morgan fingerprint density at radius 2 is 2.56 bits per heavy atom. The zero-order valence-electron chi connectivity index (χ0n) is 4.89. The van der Waals surface area contributed by atoms with Gasteiger partial charge >= 0.3 is 63.7 Å². The molecule has 2 radical (unpaired) electrons. The van der Waals surface area contributed by atoms with Crippen molar-refractivity contribution in [2.24, 2.45) is 0 Å². The first-order chi connectivity index (χ1) is 4.50. The van der Waals surface area contributed by atoms with Crippen LogP contribution in [0.25, 0.3) is 0 Å². The Hall–Kier alpha value is 0.379. The third-order valence-electron chi connectivity index (χ3n) is 0.793. The Balaban J connectivity index is 2.15. The van der Waals surface area contributed by atoms with E-state index in [0.29, 0.717) is 6.61 Å². The van der Waals surface area contributed by atoms with Gasteiger partial charge in [-0.25, -0.2) is 0 Å². The van der Waals surface area contributed by atoms with E-state index in [1.54, 1.807) is 0 Å². The number of hydrogen-bond donors (Lipinski definition) is 2. The molecule has 1 heterocycles. The van der Waals surface area contributed by atoms with Crippen LogP contribution < -0.4 is 9.24 Å². The van der Waals surface area contributed by atoms with E-state index < -0.39 is 21.4 Å². The van der Waals surface area contributed by atoms with Crippen molar-refractivity contribution < 1.29 is 9.88 Å². The van der Waals surface area contributed by atoms with E-state index in [1.165, 1.54) is 0 Å². The van der Waals surface area contributed by atoms with Gasteiger partial charge in [-0.1, -0.05) is 0 Å². The van der Waals surface area contributed by atoms with Gasteiger partial charge in [0.25, 0.3) is 0 Å². The molecule has 0 aromatic heterocycles. The van der Waals surface area contributed by atoms with Crippen molar-refractivity contribution in [2.75, 3.05) is 6.61 Å². The molecule has 1 aliphatic heterocycles. The third kappa shape index (κ3) is 3.88. The summed E-state index contributed by atoms with van der Waals surface area (Å²) in [7, 11) is 0. The molecule has 0 atom stereocenters. The third-order valence-corrected chi connectivity index (χ3v) is 2.64. The van der Waals surface area contributed by atoms with E-state index >= 15 is 0 Å². The van der Waals surface area contributed by atoms with Gasteiger partial charge in [0.05, 0.1) is 0 Å². The first kappa shape index (κ1) is 7.49. The molecule has 0 aromatic carbocycles. The van der Waals surface area contributed by atoms with E-state index in [0.717, 1.165) is 6.42 Å². The SMILES string of the molecule is C1=[CH]\[Sn][NH]NOOCC/1. The second kappa shape index (κ2) is 5.19. The second-order valence-corrected chi connectivity index (χ2v) is 3.96. The fourth-order valence-corrected chi connectivity index (χ4v) is 1.76. The summed E-state index contributed by atoms with van der Waals surface area (Å²) in [5.74, 6) is 0. The van der Waals surface area contributed by atoms with Crippen molar-refractivity contribution in [1.29, 1.82) is 0 Å². The van der Waals surface area contributed by atoms with Crippen LogP contribution >= 0.6 is 0 Å². The Kier molecular flexibility index (Phi) is 4.31. The molecular weight excluding hydrogens is 227 g/mol. The summed E-state index contributed by atoms with van der Waals surface area (Å²) < 4.78 is 5.09. The van der Waals surface area contributed by atoms with Crippen LogP contribution in [0, 0.1) is 0 Å². The molecule has 0 aliphatic carbocycles. The Labute approximate surface area is 64.0 Å². The fraction of sp³-hybridized carbons (Fsp3) is 0.500. The van der Waals surface area contributed by atoms with Crippen molar-refractivity contribution in [1.82, 2.24) is 9.24 Å². The van der Waals surface area contributed by atoms with Crippen molar-refractivity contribution in [3.63, 3.8) is 0 Å². The van der Waals surface area contributed by atoms with Gasteiger partial charge in [0, 0.05) is 0 Å². The molecule has 0 unspecified atom stereocenters. The number of hydrogen-bond acceptors (Lipinski definition) is 4. The molecule has 0 fully saturated rings. The van der Waals surface area contributed by atoms with Crippen LogP contribution in [0.4, 0.5) is 0 Å². The van der Waals surface area contributed by atoms with E-state index in [4.69, 9.17) is 0 Å². The van der Waals surface area contributed by atoms with Gasteiger partial charge in [-0.05, 0) is 0 Å². The first-order valence-corrected chi connectivity index (χ1v) is 5.76. The van der Waals surface area contributed by atoms with Gasteiger partial charge in [-0.2, -0.15) is 0 Å². The predicted octanol–water partition coefficient (Wildman–Crippen LogP) is -0.520. The molecule has 50 valence electrons. The summed E-state index contributed by atoms with van der Waals surface area (Å²) in [5, 5.41) is 0. The van der Waals surface area contributed by atoms with Crippen LogP contribution in [0.5, 0.6) is 0 Å². The molecule has 1 aliphatic rings. The average Bonchev–Trinajstić information content (AvgIpc) is 2.00. The molecule has 9 heavy (non-hydrogen) atoms. The zero-order chi connectivity index (χ0) is 6.36. The quantitative estimate of drug-likeness (QED) is 0.438. The van der Waals surface area contributed by atoms with E-state index in [2.05, 4.69) is 29.3 Å². The predicted molar refractivity (Wildman–Crippen MR) is 32.8 cm³/mol. The molecule has 4 nitrogen and oxygen atoms in total. The summed E-state index contributed by atoms with van der Waals surface area (Å²) >= 11 is -0.557. The van der Waals surface area contributed by atoms with Gasteiger partial charge in [0.15, 0.2) is 0 Å². The number of hydrazine groups is 1. The topological polar surface area (TPSA) is 42.5 Å². The summed E-state index contributed by atoms with van der Waals surface area (Å²) in [6.45, 7) is 0.616. The number of rotatable bonds is 0. The van der Waals surface area contributed by atoms with Crippen LogP contribution in [-0.4, -0.2) is 28.0 Å². The van der Waals surface area contributed by atoms with Crippen LogP contribution in [0.2, 0.25) is 0 Å². The summed E-state index contributed by atoms with van der Waals surface area (Å²) in [6.07, 6.45) is 3.04. The van der Waals surface area contributed by atoms with E-state index in [1.807, 2.05) is 0 Å². The maximum atomic E-state index is 4.66. The first-order valence-electron chi connectivity index (χ1n) is 2.69. The van der Waals surface area contributed by atoms with Gasteiger partial charge in [-0.3, -0.25) is 0 Å². The van der Waals surface area contributed by atoms with Gasteiger partial charge in [-0.15, -0.1) is 0 Å². The zero-order valence-corrected chi connectivity index (χ0v) is 7.74. The van der Waals surface area contributed by atoms with Crippen LogP contribution in [0.1, 0.15) is 6.42 Å². The molecule has 0 amide bonds. The molecule has 5 heteroatoms. The Bertz CT molecular complexity index is 88.6. The Morgan fingerprint density at radius 3 is 3.56 bits per heavy atom. The second-order valence-electron chi connectivity index (χ2n) is 1.47. The molecule has 0 aromatic rings. The standard InChI is InChI=1S/C4H8N2O2.Sn/c1-2-3-4-7-8-6-5;/h1-2,5-6H,3-4H2;/q-1;+1. The van der Waals surface area contributed by atoms with Crippen molar-refractivity contribution >= 4 is 21.4 Å². The molecule has 0 bridgehead atoms. The van der Waals surface area contributed by atoms with Crippen LogP contribution in [0.3, 0.4) is 0 Å². The van der Waals surface area contributed by atoms with Gasteiger partial charge in [0.1, 0.15) is 0 Å². The van der Waals surface area contributed by atoms with Crippen molar-refractivity contribution in [2.45, 2.75) is 6.42 Å². The molecule has 0 saturated heterocycles. The minimum absolute atomic E-state index is 0.557. The Morgan fingerprint density at radius 1 is 1.56 bits per heavy atom. The number of nitrogens with one attached hydrogen (secondary N) is 2. The van der Waals surface area contributed by atoms with Crippen molar-refractivity contribution in [3.05, 3.63) is 10.2 Å². The molecule has 2 N–H and O–H groups in total. The van der Waals surface area contributed by atoms with Crippen LogP contribution in [0.15, 0.2) is 10.2 Å². The monoisotopic (exact) mass is 236 g/mol. The maximum absolute atomic E-state index is 4.66. The normalized spacial score (nSPS) is 25.8. The molecule has 1 rings (SSSR count). The fourth-order valence-electron chi connectivity index (χ4n) is 0.422. The average molecular weight is 235 g/mol. The van der Waals surface area contributed by atoms with E-state index in [9.17, 15) is 0 Å². The van der Waals surface area contributed by atoms with E-state index in [-0.39, 0.29) is 0 Å².